The number of rotatable bonds is 6. The Hall–Kier alpha value is -0.590. The normalized spacial score (nSPS) is 10.3. The van der Waals surface area contributed by atoms with Crippen LogP contribution in [-0.4, -0.2) is 5.71 Å². The third-order valence-corrected chi connectivity index (χ3v) is 1.93. The summed E-state index contributed by atoms with van der Waals surface area (Å²) in [5.74, 6) is 0.767. The lowest BCUT2D eigenvalue weighted by Gasteiger charge is -2.06. The molecular formula is C11H21N. The van der Waals surface area contributed by atoms with Crippen LogP contribution in [0.4, 0.5) is 0 Å². The second-order valence-electron chi connectivity index (χ2n) is 3.96. The van der Waals surface area contributed by atoms with Crippen molar-refractivity contribution >= 4 is 5.71 Å². The molecule has 0 saturated heterocycles. The fourth-order valence-electron chi connectivity index (χ4n) is 0.982. The molecule has 0 atom stereocenters. The predicted octanol–water partition coefficient (Wildman–Crippen LogP) is 3.80. The summed E-state index contributed by atoms with van der Waals surface area (Å²) in [5.41, 5.74) is 2.07. The van der Waals surface area contributed by atoms with E-state index in [0.29, 0.717) is 0 Å². The first-order chi connectivity index (χ1) is 5.52. The van der Waals surface area contributed by atoms with Crippen LogP contribution in [0.2, 0.25) is 0 Å². The fraction of sp³-hybridized carbons (Fsp3) is 0.727. The smallest absolute Gasteiger partial charge is 0.00614 e. The molecule has 70 valence electrons. The second-order valence-corrected chi connectivity index (χ2v) is 3.96. The summed E-state index contributed by atoms with van der Waals surface area (Å²) < 4.78 is 0. The molecule has 0 fully saturated rings. The average molecular weight is 167 g/mol. The van der Waals surface area contributed by atoms with Crippen LogP contribution in [0.25, 0.3) is 0 Å². The van der Waals surface area contributed by atoms with Gasteiger partial charge >= 0.3 is 0 Å². The number of hydrogen-bond acceptors (Lipinski definition) is 1. The van der Waals surface area contributed by atoms with Gasteiger partial charge in [0.15, 0.2) is 0 Å². The lowest BCUT2D eigenvalue weighted by molar-refractivity contribution is 0.579. The summed E-state index contributed by atoms with van der Waals surface area (Å²) in [6.07, 6.45) is 4.25. The van der Waals surface area contributed by atoms with Gasteiger partial charge in [-0.2, -0.15) is 0 Å². The molecule has 0 aliphatic heterocycles. The van der Waals surface area contributed by atoms with Crippen LogP contribution in [-0.2, 0) is 0 Å². The third kappa shape index (κ3) is 7.52. The monoisotopic (exact) mass is 167 g/mol. The Kier molecular flexibility index (Phi) is 5.69. The van der Waals surface area contributed by atoms with Gasteiger partial charge in [0.05, 0.1) is 0 Å². The van der Waals surface area contributed by atoms with Gasteiger partial charge < -0.3 is 5.41 Å². The Balaban J connectivity index is 3.40. The molecule has 0 amide bonds. The van der Waals surface area contributed by atoms with Gasteiger partial charge in [0, 0.05) is 5.71 Å². The first-order valence-corrected chi connectivity index (χ1v) is 4.73. The van der Waals surface area contributed by atoms with Crippen molar-refractivity contribution in [2.24, 2.45) is 5.92 Å². The van der Waals surface area contributed by atoms with Crippen LogP contribution < -0.4 is 0 Å². The first-order valence-electron chi connectivity index (χ1n) is 4.73. The number of hydrogen-bond donors (Lipinski definition) is 1. The van der Waals surface area contributed by atoms with Gasteiger partial charge in [-0.3, -0.25) is 0 Å². The van der Waals surface area contributed by atoms with Gasteiger partial charge in [0.25, 0.3) is 0 Å². The summed E-state index contributed by atoms with van der Waals surface area (Å²) in [6, 6.07) is 0. The van der Waals surface area contributed by atoms with Crippen LogP contribution in [0.3, 0.4) is 0 Å². The second kappa shape index (κ2) is 5.99. The van der Waals surface area contributed by atoms with Gasteiger partial charge in [-0.15, -0.1) is 0 Å². The zero-order chi connectivity index (χ0) is 9.56. The summed E-state index contributed by atoms with van der Waals surface area (Å²) >= 11 is 0. The molecule has 1 N–H and O–H groups in total. The van der Waals surface area contributed by atoms with E-state index in [1.165, 1.54) is 12.0 Å². The SMILES string of the molecule is C=C(CCC(C)=N)CCC(C)C. The van der Waals surface area contributed by atoms with E-state index in [2.05, 4.69) is 20.4 Å². The molecule has 1 heteroatoms. The third-order valence-electron chi connectivity index (χ3n) is 1.93. The van der Waals surface area contributed by atoms with Crippen molar-refractivity contribution in [2.75, 3.05) is 0 Å². The Morgan fingerprint density at radius 3 is 2.25 bits per heavy atom. The van der Waals surface area contributed by atoms with E-state index < -0.39 is 0 Å². The lowest BCUT2D eigenvalue weighted by atomic mass is 10.00. The highest BCUT2D eigenvalue weighted by Crippen LogP contribution is 2.14. The van der Waals surface area contributed by atoms with Gasteiger partial charge in [-0.1, -0.05) is 26.0 Å². The number of allylic oxidation sites excluding steroid dienone is 1. The van der Waals surface area contributed by atoms with Crippen molar-refractivity contribution in [3.05, 3.63) is 12.2 Å². The van der Waals surface area contributed by atoms with Crippen LogP contribution in [0, 0.1) is 11.3 Å². The Labute approximate surface area is 76.4 Å². The molecule has 0 aromatic carbocycles. The number of nitrogens with one attached hydrogen (secondary N) is 1. The maximum atomic E-state index is 7.26. The minimum atomic E-state index is 0.765. The van der Waals surface area contributed by atoms with Crippen molar-refractivity contribution < 1.29 is 0 Å². The van der Waals surface area contributed by atoms with Crippen LogP contribution in [0.15, 0.2) is 12.2 Å². The van der Waals surface area contributed by atoms with Crippen molar-refractivity contribution in [1.29, 1.82) is 5.41 Å². The minimum Gasteiger partial charge on any atom is -0.310 e. The van der Waals surface area contributed by atoms with Gasteiger partial charge in [-0.05, 0) is 38.5 Å². The van der Waals surface area contributed by atoms with E-state index in [-0.39, 0.29) is 0 Å². The van der Waals surface area contributed by atoms with Gasteiger partial charge in [-0.25, -0.2) is 0 Å². The summed E-state index contributed by atoms with van der Waals surface area (Å²) in [4.78, 5) is 0. The van der Waals surface area contributed by atoms with E-state index in [9.17, 15) is 0 Å². The summed E-state index contributed by atoms with van der Waals surface area (Å²) in [6.45, 7) is 10.3. The van der Waals surface area contributed by atoms with E-state index in [4.69, 9.17) is 5.41 Å². The zero-order valence-electron chi connectivity index (χ0n) is 8.61. The highest BCUT2D eigenvalue weighted by atomic mass is 14.4. The molecule has 0 aromatic heterocycles. The lowest BCUT2D eigenvalue weighted by Crippen LogP contribution is -1.93. The predicted molar refractivity (Wildman–Crippen MR) is 55.8 cm³/mol. The Morgan fingerprint density at radius 1 is 1.25 bits per heavy atom. The molecule has 1 nitrogen and oxygen atoms in total. The van der Waals surface area contributed by atoms with E-state index in [0.717, 1.165) is 30.9 Å². The molecule has 0 aromatic rings. The maximum Gasteiger partial charge on any atom is 0.00614 e. The molecule has 0 radical (unpaired) electrons. The quantitative estimate of drug-likeness (QED) is 0.459. The van der Waals surface area contributed by atoms with Gasteiger partial charge in [0.1, 0.15) is 0 Å². The van der Waals surface area contributed by atoms with Crippen molar-refractivity contribution in [3.8, 4) is 0 Å². The van der Waals surface area contributed by atoms with Crippen LogP contribution >= 0.6 is 0 Å². The first kappa shape index (κ1) is 11.4. The summed E-state index contributed by atoms with van der Waals surface area (Å²) in [5, 5.41) is 7.26. The zero-order valence-corrected chi connectivity index (χ0v) is 8.61. The van der Waals surface area contributed by atoms with Crippen molar-refractivity contribution in [1.82, 2.24) is 0 Å². The van der Waals surface area contributed by atoms with E-state index >= 15 is 0 Å². The minimum absolute atomic E-state index is 0.765. The molecule has 0 saturated carbocycles. The van der Waals surface area contributed by atoms with Crippen LogP contribution in [0.1, 0.15) is 46.5 Å². The van der Waals surface area contributed by atoms with E-state index in [1.54, 1.807) is 0 Å². The molecule has 12 heavy (non-hydrogen) atoms. The molecule has 0 aliphatic carbocycles. The molecule has 0 rings (SSSR count). The van der Waals surface area contributed by atoms with E-state index in [1.807, 2.05) is 6.92 Å². The fourth-order valence-corrected chi connectivity index (χ4v) is 0.982. The summed E-state index contributed by atoms with van der Waals surface area (Å²) in [7, 11) is 0. The molecular weight excluding hydrogens is 146 g/mol. The Bertz CT molecular complexity index is 156. The molecule has 0 spiro atoms. The topological polar surface area (TPSA) is 23.9 Å². The average Bonchev–Trinajstić information content (AvgIpc) is 1.96. The molecule has 0 bridgehead atoms. The van der Waals surface area contributed by atoms with Crippen molar-refractivity contribution in [2.45, 2.75) is 46.5 Å². The highest BCUT2D eigenvalue weighted by Gasteiger charge is 1.98. The van der Waals surface area contributed by atoms with Crippen molar-refractivity contribution in [3.63, 3.8) is 0 Å². The standard InChI is InChI=1S/C11H21N/c1-9(2)5-6-10(3)7-8-11(4)12/h9,12H,3,5-8H2,1-2,4H3. The Morgan fingerprint density at radius 2 is 1.83 bits per heavy atom. The maximum absolute atomic E-state index is 7.26. The highest BCUT2D eigenvalue weighted by molar-refractivity contribution is 5.78. The molecule has 0 heterocycles. The van der Waals surface area contributed by atoms with Crippen LogP contribution in [0.5, 0.6) is 0 Å². The molecule has 0 aliphatic rings. The van der Waals surface area contributed by atoms with Gasteiger partial charge in [0.2, 0.25) is 0 Å². The largest absolute Gasteiger partial charge is 0.310 e. The molecule has 0 unspecified atom stereocenters.